The number of rotatable bonds is 8. The van der Waals surface area contributed by atoms with E-state index >= 15 is 0 Å². The highest BCUT2D eigenvalue weighted by molar-refractivity contribution is 6.24. The average molecular weight is 455 g/mol. The van der Waals surface area contributed by atoms with Crippen molar-refractivity contribution < 1.29 is 9.59 Å². The Balaban J connectivity index is 1.70. The quantitative estimate of drug-likeness (QED) is 0.495. The summed E-state index contributed by atoms with van der Waals surface area (Å²) in [5.74, 6) is -0.484. The Hall–Kier alpha value is -3.77. The summed E-state index contributed by atoms with van der Waals surface area (Å²) >= 11 is 0. The van der Waals surface area contributed by atoms with E-state index in [4.69, 9.17) is 4.99 Å². The smallest absolute Gasteiger partial charge is 0.238 e. The third-order valence-corrected chi connectivity index (χ3v) is 5.92. The lowest BCUT2D eigenvalue weighted by Gasteiger charge is -2.24. The van der Waals surface area contributed by atoms with E-state index in [0.717, 1.165) is 34.7 Å². The maximum Gasteiger partial charge on any atom is 0.238 e. The zero-order chi connectivity index (χ0) is 24.1. The normalized spacial score (nSPS) is 15.2. The van der Waals surface area contributed by atoms with Crippen molar-refractivity contribution in [1.29, 1.82) is 0 Å². The molecule has 1 unspecified atom stereocenters. The number of amides is 2. The molecular weight excluding hydrogens is 424 g/mol. The summed E-state index contributed by atoms with van der Waals surface area (Å²) in [6.45, 7) is 3.27. The Kier molecular flexibility index (Phi) is 7.18. The molecule has 1 aliphatic rings. The fourth-order valence-electron chi connectivity index (χ4n) is 4.12. The van der Waals surface area contributed by atoms with Gasteiger partial charge in [-0.25, -0.2) is 0 Å². The maximum atomic E-state index is 13.0. The van der Waals surface area contributed by atoms with Crippen LogP contribution in [0.1, 0.15) is 30.4 Å². The molecule has 1 atom stereocenters. The second kappa shape index (κ2) is 10.4. The summed E-state index contributed by atoms with van der Waals surface area (Å²) < 4.78 is 0. The van der Waals surface area contributed by atoms with Crippen molar-refractivity contribution in [3.63, 3.8) is 0 Å². The van der Waals surface area contributed by atoms with Gasteiger partial charge < -0.3 is 15.1 Å². The first kappa shape index (κ1) is 23.4. The molecule has 0 fully saturated rings. The second-order valence-electron chi connectivity index (χ2n) is 8.59. The van der Waals surface area contributed by atoms with E-state index in [1.54, 1.807) is 0 Å². The van der Waals surface area contributed by atoms with E-state index < -0.39 is 5.92 Å². The van der Waals surface area contributed by atoms with Crippen LogP contribution in [0.5, 0.6) is 0 Å². The lowest BCUT2D eigenvalue weighted by atomic mass is 9.90. The van der Waals surface area contributed by atoms with Crippen LogP contribution in [0.3, 0.4) is 0 Å². The lowest BCUT2D eigenvalue weighted by Crippen LogP contribution is -2.36. The van der Waals surface area contributed by atoms with Crippen molar-refractivity contribution in [2.24, 2.45) is 4.99 Å². The Morgan fingerprint density at radius 1 is 0.912 bits per heavy atom. The van der Waals surface area contributed by atoms with Crippen LogP contribution < -0.4 is 10.2 Å². The van der Waals surface area contributed by atoms with Gasteiger partial charge in [0, 0.05) is 30.9 Å². The number of carbonyl (C=O) groups excluding carboxylic acids is 2. The van der Waals surface area contributed by atoms with E-state index in [1.807, 2.05) is 105 Å². The first-order chi connectivity index (χ1) is 16.5. The number of nitrogens with one attached hydrogen (secondary N) is 1. The van der Waals surface area contributed by atoms with Gasteiger partial charge >= 0.3 is 0 Å². The number of aliphatic imine (C=N–C) groups is 1. The first-order valence-corrected chi connectivity index (χ1v) is 11.6. The number of carbonyl (C=O) groups is 2. The molecular formula is C28H30N4O2. The van der Waals surface area contributed by atoms with Gasteiger partial charge in [-0.05, 0) is 55.6 Å². The van der Waals surface area contributed by atoms with Crippen molar-refractivity contribution in [1.82, 2.24) is 4.90 Å². The number of hydrogen-bond acceptors (Lipinski definition) is 4. The molecule has 6 heteroatoms. The van der Waals surface area contributed by atoms with Gasteiger partial charge in [-0.3, -0.25) is 14.6 Å². The third kappa shape index (κ3) is 5.07. The van der Waals surface area contributed by atoms with Gasteiger partial charge in [-0.2, -0.15) is 0 Å². The molecule has 6 nitrogen and oxygen atoms in total. The Labute approximate surface area is 200 Å². The van der Waals surface area contributed by atoms with E-state index in [1.165, 1.54) is 0 Å². The minimum Gasteiger partial charge on any atom is -0.325 e. The molecule has 3 aromatic carbocycles. The van der Waals surface area contributed by atoms with E-state index in [9.17, 15) is 9.59 Å². The predicted molar refractivity (Wildman–Crippen MR) is 138 cm³/mol. The molecule has 0 spiro atoms. The molecule has 0 bridgehead atoms. The first-order valence-electron chi connectivity index (χ1n) is 11.6. The van der Waals surface area contributed by atoms with Crippen LogP contribution in [0.2, 0.25) is 0 Å². The SMILES string of the molecule is CCC(=O)N(CCN(C)C)c1ccc(N=C(c2ccccc2)C2C(=O)Nc3ccccc32)cc1. The van der Waals surface area contributed by atoms with Crippen LogP contribution in [0.4, 0.5) is 17.1 Å². The van der Waals surface area contributed by atoms with Gasteiger partial charge in [-0.1, -0.05) is 55.5 Å². The van der Waals surface area contributed by atoms with Gasteiger partial charge in [-0.15, -0.1) is 0 Å². The molecule has 1 aliphatic heterocycles. The van der Waals surface area contributed by atoms with Crippen LogP contribution >= 0.6 is 0 Å². The Bertz CT molecular complexity index is 1190. The molecule has 0 saturated carbocycles. The number of para-hydroxylation sites is 1. The number of hydrogen-bond donors (Lipinski definition) is 1. The number of likely N-dealkylation sites (N-methyl/N-ethyl adjacent to an activating group) is 1. The largest absolute Gasteiger partial charge is 0.325 e. The Morgan fingerprint density at radius 3 is 2.26 bits per heavy atom. The fraction of sp³-hybridized carbons (Fsp3) is 0.250. The fourth-order valence-corrected chi connectivity index (χ4v) is 4.12. The van der Waals surface area contributed by atoms with Crippen molar-refractivity contribution in [3.05, 3.63) is 90.0 Å². The molecule has 2 amide bonds. The molecule has 4 rings (SSSR count). The zero-order valence-corrected chi connectivity index (χ0v) is 19.9. The van der Waals surface area contributed by atoms with Crippen molar-refractivity contribution >= 4 is 34.6 Å². The molecule has 0 radical (unpaired) electrons. The van der Waals surface area contributed by atoms with Gasteiger partial charge in [0.15, 0.2) is 0 Å². The summed E-state index contributed by atoms with van der Waals surface area (Å²) in [5.41, 5.74) is 4.93. The van der Waals surface area contributed by atoms with E-state index in [-0.39, 0.29) is 11.8 Å². The van der Waals surface area contributed by atoms with Crippen LogP contribution in [-0.2, 0) is 9.59 Å². The second-order valence-corrected chi connectivity index (χ2v) is 8.59. The summed E-state index contributed by atoms with van der Waals surface area (Å²) in [6.07, 6.45) is 0.446. The van der Waals surface area contributed by atoms with Crippen molar-refractivity contribution in [2.75, 3.05) is 37.4 Å². The molecule has 1 heterocycles. The van der Waals surface area contributed by atoms with Gasteiger partial charge in [0.1, 0.15) is 5.92 Å². The summed E-state index contributed by atoms with van der Waals surface area (Å²) in [5, 5.41) is 2.98. The highest BCUT2D eigenvalue weighted by atomic mass is 16.2. The maximum absolute atomic E-state index is 13.0. The monoisotopic (exact) mass is 454 g/mol. The standard InChI is InChI=1S/C28H30N4O2/c1-4-25(33)32(19-18-31(2)3)22-16-14-21(15-17-22)29-27(20-10-6-5-7-11-20)26-23-12-8-9-13-24(23)30-28(26)34/h5-17,26H,4,18-19H2,1-3H3,(H,30,34). The third-order valence-electron chi connectivity index (χ3n) is 5.92. The molecule has 3 aromatic rings. The van der Waals surface area contributed by atoms with Crippen LogP contribution in [0.25, 0.3) is 0 Å². The van der Waals surface area contributed by atoms with Gasteiger partial charge in [0.2, 0.25) is 11.8 Å². The van der Waals surface area contributed by atoms with Gasteiger partial charge in [0.25, 0.3) is 0 Å². The summed E-state index contributed by atoms with van der Waals surface area (Å²) in [4.78, 5) is 34.3. The van der Waals surface area contributed by atoms with Crippen molar-refractivity contribution in [3.8, 4) is 0 Å². The molecule has 174 valence electrons. The van der Waals surface area contributed by atoms with E-state index in [2.05, 4.69) is 10.2 Å². The number of anilines is 2. The molecule has 34 heavy (non-hydrogen) atoms. The highest BCUT2D eigenvalue weighted by Gasteiger charge is 2.35. The van der Waals surface area contributed by atoms with Gasteiger partial charge in [0.05, 0.1) is 11.4 Å². The molecule has 0 aromatic heterocycles. The molecule has 1 N–H and O–H groups in total. The van der Waals surface area contributed by atoms with Crippen LogP contribution in [0.15, 0.2) is 83.9 Å². The summed E-state index contributed by atoms with van der Waals surface area (Å²) in [6, 6.07) is 25.2. The molecule has 0 aliphatic carbocycles. The average Bonchev–Trinajstić information content (AvgIpc) is 3.19. The number of nitrogens with zero attached hydrogens (tertiary/aromatic N) is 3. The Morgan fingerprint density at radius 2 is 1.59 bits per heavy atom. The predicted octanol–water partition coefficient (Wildman–Crippen LogP) is 4.85. The van der Waals surface area contributed by atoms with Crippen LogP contribution in [0, 0.1) is 0 Å². The summed E-state index contributed by atoms with van der Waals surface area (Å²) in [7, 11) is 3.99. The zero-order valence-electron chi connectivity index (χ0n) is 19.9. The topological polar surface area (TPSA) is 65.0 Å². The minimum atomic E-state index is -0.489. The van der Waals surface area contributed by atoms with Crippen molar-refractivity contribution in [2.45, 2.75) is 19.3 Å². The van der Waals surface area contributed by atoms with Crippen LogP contribution in [-0.4, -0.2) is 49.6 Å². The minimum absolute atomic E-state index is 0.0798. The number of fused-ring (bicyclic) bond motifs is 1. The van der Waals surface area contributed by atoms with E-state index in [0.29, 0.717) is 18.7 Å². The highest BCUT2D eigenvalue weighted by Crippen LogP contribution is 2.36. The molecule has 0 saturated heterocycles. The number of benzene rings is 3. The lowest BCUT2D eigenvalue weighted by molar-refractivity contribution is -0.118.